The highest BCUT2D eigenvalue weighted by Gasteiger charge is 2.15. The molecule has 1 heterocycles. The molecule has 0 saturated carbocycles. The fourth-order valence-electron chi connectivity index (χ4n) is 1.95. The molecule has 0 aliphatic rings. The van der Waals surface area contributed by atoms with Crippen LogP contribution in [0, 0.1) is 0 Å². The van der Waals surface area contributed by atoms with Crippen LogP contribution in [0.3, 0.4) is 0 Å². The number of nitrogen functional groups attached to an aromatic ring is 1. The van der Waals surface area contributed by atoms with E-state index in [0.29, 0.717) is 22.9 Å². The average molecular weight is 274 g/mol. The summed E-state index contributed by atoms with van der Waals surface area (Å²) in [4.78, 5) is 11.2. The maximum atomic E-state index is 11.2. The number of hydrogen-bond acceptors (Lipinski definition) is 4. The fourth-order valence-corrected chi connectivity index (χ4v) is 1.95. The van der Waals surface area contributed by atoms with Crippen molar-refractivity contribution >= 4 is 11.6 Å². The Hall–Kier alpha value is -2.50. The smallest absolute Gasteiger partial charge is 0.248 e. The van der Waals surface area contributed by atoms with Gasteiger partial charge in [0.15, 0.2) is 0 Å². The second-order valence-corrected chi connectivity index (χ2v) is 4.53. The maximum Gasteiger partial charge on any atom is 0.248 e. The van der Waals surface area contributed by atoms with Gasteiger partial charge in [0.2, 0.25) is 11.8 Å². The molecule has 0 fully saturated rings. The third kappa shape index (κ3) is 2.74. The van der Waals surface area contributed by atoms with Gasteiger partial charge in [0.1, 0.15) is 11.4 Å². The van der Waals surface area contributed by atoms with Crippen molar-refractivity contribution < 1.29 is 9.53 Å². The highest BCUT2D eigenvalue weighted by Crippen LogP contribution is 2.30. The van der Waals surface area contributed by atoms with Gasteiger partial charge in [-0.1, -0.05) is 19.4 Å². The van der Waals surface area contributed by atoms with Gasteiger partial charge < -0.3 is 16.2 Å². The minimum atomic E-state index is -0.500. The molecule has 4 N–H and O–H groups in total. The summed E-state index contributed by atoms with van der Waals surface area (Å²) in [7, 11) is 1.77. The summed E-state index contributed by atoms with van der Waals surface area (Å²) in [6.45, 7) is 2.06. The number of aryl methyl sites for hydroxylation is 2. The number of amides is 1. The van der Waals surface area contributed by atoms with Crippen molar-refractivity contribution in [1.29, 1.82) is 0 Å². The molecule has 20 heavy (non-hydrogen) atoms. The minimum absolute atomic E-state index is 0.386. The Morgan fingerprint density at radius 3 is 2.85 bits per heavy atom. The molecular weight excluding hydrogens is 256 g/mol. The van der Waals surface area contributed by atoms with Gasteiger partial charge in [0, 0.05) is 12.6 Å². The van der Waals surface area contributed by atoms with E-state index in [1.807, 2.05) is 0 Å². The molecule has 0 aliphatic carbocycles. The van der Waals surface area contributed by atoms with Crippen molar-refractivity contribution in [2.45, 2.75) is 19.8 Å². The largest absolute Gasteiger partial charge is 0.437 e. The van der Waals surface area contributed by atoms with Gasteiger partial charge >= 0.3 is 0 Å². The van der Waals surface area contributed by atoms with E-state index in [0.717, 1.165) is 18.5 Å². The van der Waals surface area contributed by atoms with Gasteiger partial charge in [-0.05, 0) is 24.6 Å². The first-order valence-electron chi connectivity index (χ1n) is 6.42. The molecule has 1 aromatic carbocycles. The summed E-state index contributed by atoms with van der Waals surface area (Å²) in [5, 5.41) is 4.33. The van der Waals surface area contributed by atoms with Crippen LogP contribution in [0.15, 0.2) is 24.3 Å². The second kappa shape index (κ2) is 5.64. The van der Waals surface area contributed by atoms with Gasteiger partial charge in [-0.15, -0.1) is 0 Å². The Bertz CT molecular complexity index is 634. The number of benzene rings is 1. The standard InChI is InChI=1S/C14H18N4O2/c1-3-5-11-12(15)14(18(2)17-11)20-10-7-4-6-9(8-10)13(16)19/h4,6-8H,3,5,15H2,1-2H3,(H2,16,19). The molecule has 1 aromatic heterocycles. The zero-order chi connectivity index (χ0) is 14.7. The Labute approximate surface area is 117 Å². The van der Waals surface area contributed by atoms with E-state index in [-0.39, 0.29) is 0 Å². The number of carbonyl (C=O) groups is 1. The number of nitrogens with zero attached hydrogens (tertiary/aromatic N) is 2. The van der Waals surface area contributed by atoms with Crippen molar-refractivity contribution in [1.82, 2.24) is 9.78 Å². The Morgan fingerprint density at radius 2 is 2.20 bits per heavy atom. The SMILES string of the molecule is CCCc1nn(C)c(Oc2cccc(C(N)=O)c2)c1N. The molecule has 106 valence electrons. The molecule has 0 saturated heterocycles. The highest BCUT2D eigenvalue weighted by atomic mass is 16.5. The normalized spacial score (nSPS) is 10.5. The van der Waals surface area contributed by atoms with Crippen molar-refractivity contribution in [3.63, 3.8) is 0 Å². The number of rotatable bonds is 5. The molecule has 0 aliphatic heterocycles. The Morgan fingerprint density at radius 1 is 1.45 bits per heavy atom. The van der Waals surface area contributed by atoms with Crippen LogP contribution in [0.25, 0.3) is 0 Å². The zero-order valence-electron chi connectivity index (χ0n) is 11.6. The van der Waals surface area contributed by atoms with E-state index in [1.54, 1.807) is 36.0 Å². The number of ether oxygens (including phenoxy) is 1. The summed E-state index contributed by atoms with van der Waals surface area (Å²) in [6, 6.07) is 6.64. The van der Waals surface area contributed by atoms with Gasteiger partial charge in [0.05, 0.1) is 5.69 Å². The lowest BCUT2D eigenvalue weighted by atomic mass is 10.2. The molecule has 0 radical (unpaired) electrons. The summed E-state index contributed by atoms with van der Waals surface area (Å²) in [5.41, 5.74) is 13.0. The van der Waals surface area contributed by atoms with Crippen LogP contribution in [0.1, 0.15) is 29.4 Å². The summed E-state index contributed by atoms with van der Waals surface area (Å²) in [5.74, 6) is 0.467. The quantitative estimate of drug-likeness (QED) is 0.869. The predicted octanol–water partition coefficient (Wildman–Crippen LogP) is 1.85. The van der Waals surface area contributed by atoms with E-state index in [2.05, 4.69) is 12.0 Å². The first-order chi connectivity index (χ1) is 9.52. The molecule has 2 aromatic rings. The van der Waals surface area contributed by atoms with Crippen LogP contribution in [0.5, 0.6) is 11.6 Å². The van der Waals surface area contributed by atoms with E-state index in [4.69, 9.17) is 16.2 Å². The minimum Gasteiger partial charge on any atom is -0.437 e. The second-order valence-electron chi connectivity index (χ2n) is 4.53. The number of nitrogens with two attached hydrogens (primary N) is 2. The molecule has 6 nitrogen and oxygen atoms in total. The number of primary amides is 1. The molecule has 1 amide bonds. The van der Waals surface area contributed by atoms with Crippen LogP contribution >= 0.6 is 0 Å². The third-order valence-electron chi connectivity index (χ3n) is 2.93. The topological polar surface area (TPSA) is 96.2 Å². The fraction of sp³-hybridized carbons (Fsp3) is 0.286. The van der Waals surface area contributed by atoms with Gasteiger partial charge in [-0.25, -0.2) is 4.68 Å². The lowest BCUT2D eigenvalue weighted by molar-refractivity contribution is 0.1000. The van der Waals surface area contributed by atoms with Crippen molar-refractivity contribution in [2.24, 2.45) is 12.8 Å². The van der Waals surface area contributed by atoms with Gasteiger partial charge in [-0.3, -0.25) is 4.79 Å². The predicted molar refractivity (Wildman–Crippen MR) is 76.6 cm³/mol. The Balaban J connectivity index is 2.30. The summed E-state index contributed by atoms with van der Waals surface area (Å²) < 4.78 is 7.32. The Kier molecular flexibility index (Phi) is 3.93. The van der Waals surface area contributed by atoms with Crippen molar-refractivity contribution in [2.75, 3.05) is 5.73 Å². The first-order valence-corrected chi connectivity index (χ1v) is 6.42. The molecule has 6 heteroatoms. The van der Waals surface area contributed by atoms with Gasteiger partial charge in [-0.2, -0.15) is 5.10 Å². The molecule has 0 unspecified atom stereocenters. The van der Waals surface area contributed by atoms with E-state index < -0.39 is 5.91 Å². The van der Waals surface area contributed by atoms with Crippen molar-refractivity contribution in [3.8, 4) is 11.6 Å². The van der Waals surface area contributed by atoms with Crippen LogP contribution in [0.4, 0.5) is 5.69 Å². The monoisotopic (exact) mass is 274 g/mol. The van der Waals surface area contributed by atoms with Crippen LogP contribution in [-0.4, -0.2) is 15.7 Å². The van der Waals surface area contributed by atoms with E-state index in [1.165, 1.54) is 0 Å². The van der Waals surface area contributed by atoms with E-state index in [9.17, 15) is 4.79 Å². The molecule has 0 atom stereocenters. The average Bonchev–Trinajstić information content (AvgIpc) is 2.67. The lowest BCUT2D eigenvalue weighted by Crippen LogP contribution is -2.10. The van der Waals surface area contributed by atoms with E-state index >= 15 is 0 Å². The number of aromatic nitrogens is 2. The molecule has 0 spiro atoms. The third-order valence-corrected chi connectivity index (χ3v) is 2.93. The number of anilines is 1. The highest BCUT2D eigenvalue weighted by molar-refractivity contribution is 5.93. The summed E-state index contributed by atoms with van der Waals surface area (Å²) in [6.07, 6.45) is 1.75. The molecular formula is C14H18N4O2. The van der Waals surface area contributed by atoms with Crippen LogP contribution in [0.2, 0.25) is 0 Å². The van der Waals surface area contributed by atoms with Crippen LogP contribution < -0.4 is 16.2 Å². The maximum absolute atomic E-state index is 11.2. The number of hydrogen-bond donors (Lipinski definition) is 2. The van der Waals surface area contributed by atoms with Crippen molar-refractivity contribution in [3.05, 3.63) is 35.5 Å². The summed E-state index contributed by atoms with van der Waals surface area (Å²) >= 11 is 0. The van der Waals surface area contributed by atoms with Gasteiger partial charge in [0.25, 0.3) is 0 Å². The molecule has 2 rings (SSSR count). The zero-order valence-corrected chi connectivity index (χ0v) is 11.6. The number of carbonyl (C=O) groups excluding carboxylic acids is 1. The molecule has 0 bridgehead atoms. The van der Waals surface area contributed by atoms with Crippen LogP contribution in [-0.2, 0) is 13.5 Å². The first kappa shape index (κ1) is 13.9. The lowest BCUT2D eigenvalue weighted by Gasteiger charge is -2.07.